The van der Waals surface area contributed by atoms with Gasteiger partial charge in [0, 0.05) is 12.1 Å². The van der Waals surface area contributed by atoms with Gasteiger partial charge in [0.2, 0.25) is 10.0 Å². The Bertz CT molecular complexity index is 864. The Balaban J connectivity index is 2.33. The van der Waals surface area contributed by atoms with Crippen molar-refractivity contribution in [1.29, 1.82) is 0 Å². The summed E-state index contributed by atoms with van der Waals surface area (Å²) < 4.78 is 33.3. The van der Waals surface area contributed by atoms with E-state index in [1.54, 1.807) is 6.92 Å². The number of hydrogen-bond donors (Lipinski definition) is 2. The van der Waals surface area contributed by atoms with Crippen LogP contribution in [-0.4, -0.2) is 27.5 Å². The fourth-order valence-corrected chi connectivity index (χ4v) is 3.74. The Morgan fingerprint density at radius 2 is 1.69 bits per heavy atom. The molecular formula is C19H24N2O4S. The minimum Gasteiger partial charge on any atom is -0.496 e. The Kier molecular flexibility index (Phi) is 6.39. The van der Waals surface area contributed by atoms with E-state index in [0.717, 1.165) is 5.56 Å². The molecule has 6 nitrogen and oxygen atoms in total. The molecule has 0 aromatic heterocycles. The smallest absolute Gasteiger partial charge is 0.255 e. The van der Waals surface area contributed by atoms with Crippen LogP contribution in [0.1, 0.15) is 42.7 Å². The lowest BCUT2D eigenvalue weighted by molar-refractivity contribution is 0.0940. The monoisotopic (exact) mass is 376 g/mol. The third-order valence-electron chi connectivity index (χ3n) is 3.78. The summed E-state index contributed by atoms with van der Waals surface area (Å²) in [6.07, 6.45) is 0. The van der Waals surface area contributed by atoms with Crippen molar-refractivity contribution in [3.63, 3.8) is 0 Å². The number of benzene rings is 2. The number of carbonyl (C=O) groups excluding carboxylic acids is 1. The maximum atomic E-state index is 12.7. The Hall–Kier alpha value is -2.38. The Morgan fingerprint density at radius 1 is 1.04 bits per heavy atom. The van der Waals surface area contributed by atoms with Crippen LogP contribution in [0.3, 0.4) is 0 Å². The first kappa shape index (κ1) is 19.9. The molecule has 2 N–H and O–H groups in total. The first-order valence-electron chi connectivity index (χ1n) is 8.30. The zero-order valence-corrected chi connectivity index (χ0v) is 16.1. The lowest BCUT2D eigenvalue weighted by atomic mass is 10.1. The number of carbonyl (C=O) groups is 1. The third kappa shape index (κ3) is 4.83. The lowest BCUT2D eigenvalue weighted by Gasteiger charge is -2.16. The molecule has 2 rings (SSSR count). The normalized spacial score (nSPS) is 12.7. The zero-order chi connectivity index (χ0) is 19.3. The molecular weight excluding hydrogens is 352 g/mol. The number of ether oxygens (including phenoxy) is 1. The van der Waals surface area contributed by atoms with Gasteiger partial charge in [0.15, 0.2) is 0 Å². The molecule has 0 aliphatic rings. The van der Waals surface area contributed by atoms with Crippen molar-refractivity contribution in [2.75, 3.05) is 7.11 Å². The molecule has 0 fully saturated rings. The van der Waals surface area contributed by atoms with Crippen molar-refractivity contribution in [3.05, 3.63) is 59.7 Å². The maximum Gasteiger partial charge on any atom is 0.255 e. The van der Waals surface area contributed by atoms with Crippen LogP contribution in [-0.2, 0) is 10.0 Å². The number of nitrogens with one attached hydrogen (secondary N) is 2. The number of rotatable bonds is 7. The van der Waals surface area contributed by atoms with Crippen LogP contribution in [0.25, 0.3) is 0 Å². The van der Waals surface area contributed by atoms with Gasteiger partial charge in [0.05, 0.1) is 17.6 Å². The highest BCUT2D eigenvalue weighted by molar-refractivity contribution is 7.89. The molecule has 0 radical (unpaired) electrons. The number of sulfonamides is 1. The minimum absolute atomic E-state index is 0.00925. The van der Waals surface area contributed by atoms with Crippen LogP contribution in [0.2, 0.25) is 0 Å². The van der Waals surface area contributed by atoms with Gasteiger partial charge in [0.1, 0.15) is 5.75 Å². The standard InChI is InChI=1S/C19H24N2O4S/c1-13(2)20-19(22)17-12-16(10-11-18(17)25-4)26(23,24)21-14(3)15-8-6-5-7-9-15/h5-14,21H,1-4H3,(H,20,22). The van der Waals surface area contributed by atoms with Gasteiger partial charge >= 0.3 is 0 Å². The van der Waals surface area contributed by atoms with Gasteiger partial charge in [-0.3, -0.25) is 4.79 Å². The zero-order valence-electron chi connectivity index (χ0n) is 15.3. The van der Waals surface area contributed by atoms with Gasteiger partial charge < -0.3 is 10.1 Å². The average molecular weight is 376 g/mol. The van der Waals surface area contributed by atoms with Crippen molar-refractivity contribution >= 4 is 15.9 Å². The first-order valence-corrected chi connectivity index (χ1v) is 9.79. The van der Waals surface area contributed by atoms with Gasteiger partial charge in [0.25, 0.3) is 5.91 Å². The molecule has 1 amide bonds. The summed E-state index contributed by atoms with van der Waals surface area (Å²) in [6, 6.07) is 13.0. The van der Waals surface area contributed by atoms with Crippen molar-refractivity contribution in [3.8, 4) is 5.75 Å². The van der Waals surface area contributed by atoms with Gasteiger partial charge in [-0.25, -0.2) is 13.1 Å². The fraction of sp³-hybridized carbons (Fsp3) is 0.316. The molecule has 26 heavy (non-hydrogen) atoms. The molecule has 0 saturated carbocycles. The van der Waals surface area contributed by atoms with Crippen molar-refractivity contribution in [2.45, 2.75) is 37.8 Å². The molecule has 0 aliphatic carbocycles. The molecule has 0 spiro atoms. The molecule has 1 unspecified atom stereocenters. The quantitative estimate of drug-likeness (QED) is 0.778. The molecule has 0 saturated heterocycles. The topological polar surface area (TPSA) is 84.5 Å². The van der Waals surface area contributed by atoms with Crippen LogP contribution >= 0.6 is 0 Å². The van der Waals surface area contributed by atoms with E-state index in [4.69, 9.17) is 4.74 Å². The molecule has 0 aliphatic heterocycles. The van der Waals surface area contributed by atoms with Crippen LogP contribution in [0, 0.1) is 0 Å². The van der Waals surface area contributed by atoms with Gasteiger partial charge in [-0.05, 0) is 44.5 Å². The number of methoxy groups -OCH3 is 1. The molecule has 2 aromatic carbocycles. The molecule has 140 valence electrons. The van der Waals surface area contributed by atoms with E-state index in [2.05, 4.69) is 10.0 Å². The molecule has 0 heterocycles. The van der Waals surface area contributed by atoms with Crippen molar-refractivity contribution < 1.29 is 17.9 Å². The average Bonchev–Trinajstić information content (AvgIpc) is 2.60. The van der Waals surface area contributed by atoms with E-state index in [-0.39, 0.29) is 22.4 Å². The summed E-state index contributed by atoms with van der Waals surface area (Å²) in [6.45, 7) is 5.42. The lowest BCUT2D eigenvalue weighted by Crippen LogP contribution is -2.31. The van der Waals surface area contributed by atoms with E-state index in [1.807, 2.05) is 44.2 Å². The van der Waals surface area contributed by atoms with E-state index < -0.39 is 16.1 Å². The third-order valence-corrected chi connectivity index (χ3v) is 5.32. The molecule has 0 bridgehead atoms. The second-order valence-electron chi connectivity index (χ2n) is 6.24. The second kappa shape index (κ2) is 8.33. The van der Waals surface area contributed by atoms with Crippen LogP contribution in [0.4, 0.5) is 0 Å². The summed E-state index contributed by atoms with van der Waals surface area (Å²) in [7, 11) is -2.37. The largest absolute Gasteiger partial charge is 0.496 e. The van der Waals surface area contributed by atoms with Crippen LogP contribution in [0.5, 0.6) is 5.75 Å². The summed E-state index contributed by atoms with van der Waals surface area (Å²) in [4.78, 5) is 12.4. The number of amides is 1. The second-order valence-corrected chi connectivity index (χ2v) is 7.96. The van der Waals surface area contributed by atoms with Gasteiger partial charge in [-0.15, -0.1) is 0 Å². The summed E-state index contributed by atoms with van der Waals surface area (Å²) in [5.41, 5.74) is 1.03. The number of hydrogen-bond acceptors (Lipinski definition) is 4. The maximum absolute atomic E-state index is 12.7. The van der Waals surface area contributed by atoms with Crippen LogP contribution < -0.4 is 14.8 Å². The highest BCUT2D eigenvalue weighted by atomic mass is 32.2. The van der Waals surface area contributed by atoms with Gasteiger partial charge in [-0.2, -0.15) is 0 Å². The van der Waals surface area contributed by atoms with Gasteiger partial charge in [-0.1, -0.05) is 30.3 Å². The first-order chi connectivity index (χ1) is 12.2. The fourth-order valence-electron chi connectivity index (χ4n) is 2.48. The minimum atomic E-state index is -3.80. The van der Waals surface area contributed by atoms with E-state index >= 15 is 0 Å². The van der Waals surface area contributed by atoms with E-state index in [9.17, 15) is 13.2 Å². The Morgan fingerprint density at radius 3 is 2.27 bits per heavy atom. The predicted molar refractivity (Wildman–Crippen MR) is 101 cm³/mol. The molecule has 1 atom stereocenters. The molecule has 2 aromatic rings. The summed E-state index contributed by atoms with van der Waals surface area (Å²) in [5.74, 6) is -0.0665. The van der Waals surface area contributed by atoms with Crippen molar-refractivity contribution in [2.24, 2.45) is 0 Å². The Labute approximate surface area is 154 Å². The summed E-state index contributed by atoms with van der Waals surface area (Å²) in [5, 5.41) is 2.74. The highest BCUT2D eigenvalue weighted by Crippen LogP contribution is 2.24. The molecule has 7 heteroatoms. The van der Waals surface area contributed by atoms with Crippen LogP contribution in [0.15, 0.2) is 53.4 Å². The van der Waals surface area contributed by atoms with Crippen molar-refractivity contribution in [1.82, 2.24) is 10.0 Å². The highest BCUT2D eigenvalue weighted by Gasteiger charge is 2.22. The predicted octanol–water partition coefficient (Wildman–Crippen LogP) is 2.87. The summed E-state index contributed by atoms with van der Waals surface area (Å²) >= 11 is 0. The van der Waals surface area contributed by atoms with E-state index in [1.165, 1.54) is 25.3 Å². The van der Waals surface area contributed by atoms with E-state index in [0.29, 0.717) is 5.75 Å². The SMILES string of the molecule is COc1ccc(S(=O)(=O)NC(C)c2ccccc2)cc1C(=O)NC(C)C.